The van der Waals surface area contributed by atoms with Crippen molar-refractivity contribution in [3.05, 3.63) is 59.1 Å². The summed E-state index contributed by atoms with van der Waals surface area (Å²) in [7, 11) is 0. The normalized spacial score (nSPS) is 14.6. The van der Waals surface area contributed by atoms with Gasteiger partial charge in [-0.25, -0.2) is 0 Å². The molecule has 0 bridgehead atoms. The van der Waals surface area contributed by atoms with Crippen molar-refractivity contribution in [2.24, 2.45) is 0 Å². The number of benzene rings is 2. The number of nitrogens with one attached hydrogen (secondary N) is 2. The summed E-state index contributed by atoms with van der Waals surface area (Å²) in [6, 6.07) is 15.6. The Morgan fingerprint density at radius 2 is 1.68 bits per heavy atom. The van der Waals surface area contributed by atoms with Crippen LogP contribution in [-0.4, -0.2) is 56.0 Å². The molecule has 7 heteroatoms. The number of nitrogens with zero attached hydrogens (tertiary/aromatic N) is 2. The third-order valence-corrected chi connectivity index (χ3v) is 5.26. The van der Waals surface area contributed by atoms with Crippen molar-refractivity contribution >= 4 is 34.8 Å². The minimum Gasteiger partial charge on any atom is -0.369 e. The zero-order valence-corrected chi connectivity index (χ0v) is 16.7. The highest BCUT2D eigenvalue weighted by Gasteiger charge is 2.19. The zero-order chi connectivity index (χ0) is 19.9. The maximum Gasteiger partial charge on any atom is 0.243 e. The maximum atomic E-state index is 12.2. The number of hydrogen-bond donors (Lipinski definition) is 2. The lowest BCUT2D eigenvalue weighted by atomic mass is 10.2. The molecule has 1 aliphatic rings. The van der Waals surface area contributed by atoms with E-state index < -0.39 is 0 Å². The number of halogens is 1. The molecule has 2 amide bonds. The van der Waals surface area contributed by atoms with Crippen LogP contribution in [0.2, 0.25) is 5.02 Å². The van der Waals surface area contributed by atoms with Crippen molar-refractivity contribution < 1.29 is 9.59 Å². The van der Waals surface area contributed by atoms with Crippen LogP contribution >= 0.6 is 11.6 Å². The number of hydrogen-bond acceptors (Lipinski definition) is 4. The number of piperazine rings is 1. The summed E-state index contributed by atoms with van der Waals surface area (Å²) < 4.78 is 0. The predicted molar refractivity (Wildman–Crippen MR) is 113 cm³/mol. The molecule has 2 N–H and O–H groups in total. The molecule has 1 heterocycles. The summed E-state index contributed by atoms with van der Waals surface area (Å²) in [6.07, 6.45) is 0. The quantitative estimate of drug-likeness (QED) is 0.782. The molecule has 2 aromatic rings. The third-order valence-electron chi connectivity index (χ3n) is 4.85. The average molecular weight is 401 g/mol. The Bertz CT molecular complexity index is 820. The van der Waals surface area contributed by atoms with Gasteiger partial charge >= 0.3 is 0 Å². The van der Waals surface area contributed by atoms with Gasteiger partial charge in [0, 0.05) is 42.6 Å². The smallest absolute Gasteiger partial charge is 0.243 e. The lowest BCUT2D eigenvalue weighted by molar-refractivity contribution is -0.125. The van der Waals surface area contributed by atoms with Crippen LogP contribution in [0.1, 0.15) is 5.56 Å². The summed E-state index contributed by atoms with van der Waals surface area (Å²) in [5, 5.41) is 6.06. The molecule has 2 aromatic carbocycles. The Hall–Kier alpha value is -2.57. The standard InChI is InChI=1S/C21H25ClN4O2/c1-16-18(22)8-5-9-19(16)24-20(27)14-23-21(28)15-25-10-12-26(13-11-25)17-6-3-2-4-7-17/h2-9H,10-15H2,1H3,(H,23,28)(H,24,27). The highest BCUT2D eigenvalue weighted by Crippen LogP contribution is 2.22. The van der Waals surface area contributed by atoms with Crippen LogP contribution in [0.4, 0.5) is 11.4 Å². The molecule has 6 nitrogen and oxygen atoms in total. The van der Waals surface area contributed by atoms with Crippen molar-refractivity contribution in [1.82, 2.24) is 10.2 Å². The van der Waals surface area contributed by atoms with Crippen molar-refractivity contribution in [3.8, 4) is 0 Å². The van der Waals surface area contributed by atoms with Gasteiger partial charge in [-0.05, 0) is 36.8 Å². The SMILES string of the molecule is Cc1c(Cl)cccc1NC(=O)CNC(=O)CN1CCN(c2ccccc2)CC1. The van der Waals surface area contributed by atoms with E-state index in [0.29, 0.717) is 17.3 Å². The molecule has 0 aromatic heterocycles. The molecular weight excluding hydrogens is 376 g/mol. The third kappa shape index (κ3) is 5.47. The molecule has 148 valence electrons. The minimum atomic E-state index is -0.271. The molecule has 1 fully saturated rings. The molecule has 0 atom stereocenters. The molecule has 0 saturated carbocycles. The van der Waals surface area contributed by atoms with E-state index in [0.717, 1.165) is 31.7 Å². The highest BCUT2D eigenvalue weighted by atomic mass is 35.5. The fourth-order valence-corrected chi connectivity index (χ4v) is 3.35. The van der Waals surface area contributed by atoms with E-state index in [2.05, 4.69) is 32.6 Å². The average Bonchev–Trinajstić information content (AvgIpc) is 2.71. The lowest BCUT2D eigenvalue weighted by Gasteiger charge is -2.35. The Morgan fingerprint density at radius 3 is 2.39 bits per heavy atom. The summed E-state index contributed by atoms with van der Waals surface area (Å²) in [5.74, 6) is -0.418. The first kappa shape index (κ1) is 20.2. The zero-order valence-electron chi connectivity index (χ0n) is 16.0. The van der Waals surface area contributed by atoms with Crippen LogP contribution in [0.25, 0.3) is 0 Å². The molecule has 1 aliphatic heterocycles. The number of rotatable bonds is 6. The monoisotopic (exact) mass is 400 g/mol. The van der Waals surface area contributed by atoms with Crippen LogP contribution in [0, 0.1) is 6.92 Å². The minimum absolute atomic E-state index is 0.0607. The number of para-hydroxylation sites is 1. The van der Waals surface area contributed by atoms with Crippen molar-refractivity contribution in [1.29, 1.82) is 0 Å². The molecule has 0 aliphatic carbocycles. The van der Waals surface area contributed by atoms with Crippen LogP contribution < -0.4 is 15.5 Å². The Kier molecular flexibility index (Phi) is 6.90. The second-order valence-corrected chi connectivity index (χ2v) is 7.24. The van der Waals surface area contributed by atoms with Gasteiger partial charge in [-0.1, -0.05) is 35.9 Å². The molecular formula is C21H25ClN4O2. The second-order valence-electron chi connectivity index (χ2n) is 6.84. The maximum absolute atomic E-state index is 12.2. The fourth-order valence-electron chi connectivity index (χ4n) is 3.18. The van der Waals surface area contributed by atoms with Crippen LogP contribution in [-0.2, 0) is 9.59 Å². The molecule has 0 unspecified atom stereocenters. The first-order valence-corrected chi connectivity index (χ1v) is 9.75. The Morgan fingerprint density at radius 1 is 0.964 bits per heavy atom. The van der Waals surface area contributed by atoms with E-state index in [9.17, 15) is 9.59 Å². The summed E-state index contributed by atoms with van der Waals surface area (Å²) in [6.45, 7) is 5.47. The van der Waals surface area contributed by atoms with Gasteiger partial charge < -0.3 is 15.5 Å². The van der Waals surface area contributed by atoms with Gasteiger partial charge in [-0.15, -0.1) is 0 Å². The van der Waals surface area contributed by atoms with Crippen LogP contribution in [0.5, 0.6) is 0 Å². The van der Waals surface area contributed by atoms with Crippen molar-refractivity contribution in [2.75, 3.05) is 49.5 Å². The van der Waals surface area contributed by atoms with E-state index in [1.807, 2.05) is 25.1 Å². The van der Waals surface area contributed by atoms with Crippen molar-refractivity contribution in [2.45, 2.75) is 6.92 Å². The van der Waals surface area contributed by atoms with Gasteiger partial charge in [-0.2, -0.15) is 0 Å². The fraction of sp³-hybridized carbons (Fsp3) is 0.333. The number of carbonyl (C=O) groups excluding carboxylic acids is 2. The topological polar surface area (TPSA) is 64.7 Å². The predicted octanol–water partition coefficient (Wildman–Crippen LogP) is 2.53. The lowest BCUT2D eigenvalue weighted by Crippen LogP contribution is -2.50. The summed E-state index contributed by atoms with van der Waals surface area (Å²) in [5.41, 5.74) is 2.67. The van der Waals surface area contributed by atoms with E-state index >= 15 is 0 Å². The van der Waals surface area contributed by atoms with Gasteiger partial charge in [0.1, 0.15) is 0 Å². The molecule has 28 heavy (non-hydrogen) atoms. The Labute approximate surface area is 170 Å². The van der Waals surface area contributed by atoms with E-state index in [-0.39, 0.29) is 18.4 Å². The number of anilines is 2. The van der Waals surface area contributed by atoms with Gasteiger partial charge in [0.25, 0.3) is 0 Å². The Balaban J connectivity index is 1.39. The van der Waals surface area contributed by atoms with Crippen LogP contribution in [0.3, 0.4) is 0 Å². The van der Waals surface area contributed by atoms with Crippen molar-refractivity contribution in [3.63, 3.8) is 0 Å². The first-order valence-electron chi connectivity index (χ1n) is 9.37. The van der Waals surface area contributed by atoms with Gasteiger partial charge in [0.2, 0.25) is 11.8 Å². The largest absolute Gasteiger partial charge is 0.369 e. The first-order chi connectivity index (χ1) is 13.5. The van der Waals surface area contributed by atoms with E-state index in [1.165, 1.54) is 5.69 Å². The van der Waals surface area contributed by atoms with Gasteiger partial charge in [-0.3, -0.25) is 14.5 Å². The van der Waals surface area contributed by atoms with Crippen LogP contribution in [0.15, 0.2) is 48.5 Å². The second kappa shape index (κ2) is 9.57. The van der Waals surface area contributed by atoms with Gasteiger partial charge in [0.15, 0.2) is 0 Å². The molecule has 1 saturated heterocycles. The summed E-state index contributed by atoms with van der Waals surface area (Å²) >= 11 is 6.05. The van der Waals surface area contributed by atoms with Gasteiger partial charge in [0.05, 0.1) is 13.1 Å². The van der Waals surface area contributed by atoms with E-state index in [4.69, 9.17) is 11.6 Å². The number of amides is 2. The molecule has 0 spiro atoms. The molecule has 0 radical (unpaired) electrons. The number of carbonyl (C=O) groups is 2. The molecule has 3 rings (SSSR count). The highest BCUT2D eigenvalue weighted by molar-refractivity contribution is 6.31. The van der Waals surface area contributed by atoms with E-state index in [1.54, 1.807) is 18.2 Å². The summed E-state index contributed by atoms with van der Waals surface area (Å²) in [4.78, 5) is 28.7.